The van der Waals surface area contributed by atoms with Gasteiger partial charge in [-0.3, -0.25) is 0 Å². The van der Waals surface area contributed by atoms with Crippen molar-refractivity contribution >= 4 is 17.5 Å². The van der Waals surface area contributed by atoms with Crippen molar-refractivity contribution in [3.05, 3.63) is 102 Å². The Labute approximate surface area is 243 Å². The fourth-order valence-electron chi connectivity index (χ4n) is 4.30. The number of aryl methyl sites for hydroxylation is 1. The number of hydrogen-bond acceptors (Lipinski definition) is 10. The molecule has 0 spiro atoms. The summed E-state index contributed by atoms with van der Waals surface area (Å²) in [5.74, 6) is 2.78. The van der Waals surface area contributed by atoms with Gasteiger partial charge >= 0.3 is 0 Å². The largest absolute Gasteiger partial charge is 0.497 e. The highest BCUT2D eigenvalue weighted by Gasteiger charge is 2.18. The lowest BCUT2D eigenvalue weighted by atomic mass is 10.1. The molecule has 1 N–H and O–H groups in total. The zero-order chi connectivity index (χ0) is 29.5. The quantitative estimate of drug-likeness (QED) is 0.212. The van der Waals surface area contributed by atoms with E-state index in [2.05, 4.69) is 25.2 Å². The van der Waals surface area contributed by atoms with Gasteiger partial charge in [0.25, 0.3) is 0 Å². The van der Waals surface area contributed by atoms with Crippen LogP contribution in [-0.2, 0) is 13.1 Å². The van der Waals surface area contributed by atoms with Gasteiger partial charge in [0.1, 0.15) is 23.1 Å². The van der Waals surface area contributed by atoms with Gasteiger partial charge in [0.05, 0.1) is 38.8 Å². The maximum Gasteiger partial charge on any atom is 0.250 e. The fourth-order valence-corrected chi connectivity index (χ4v) is 4.30. The zero-order valence-corrected chi connectivity index (χ0v) is 23.7. The second-order valence-electron chi connectivity index (χ2n) is 9.30. The molecule has 0 saturated carbocycles. The van der Waals surface area contributed by atoms with Crippen LogP contribution in [0, 0.1) is 12.7 Å². The van der Waals surface area contributed by atoms with E-state index in [4.69, 9.17) is 24.2 Å². The summed E-state index contributed by atoms with van der Waals surface area (Å²) in [5, 5.41) is 3.13. The van der Waals surface area contributed by atoms with Crippen LogP contribution in [-0.4, -0.2) is 46.2 Å². The van der Waals surface area contributed by atoms with Crippen molar-refractivity contribution in [3.8, 4) is 28.8 Å². The normalized spacial score (nSPS) is 10.7. The minimum absolute atomic E-state index is 0.0895. The van der Waals surface area contributed by atoms with Gasteiger partial charge in [-0.2, -0.15) is 9.97 Å². The third-order valence-electron chi connectivity index (χ3n) is 6.40. The van der Waals surface area contributed by atoms with E-state index in [-0.39, 0.29) is 5.88 Å². The molecule has 5 rings (SSSR count). The van der Waals surface area contributed by atoms with Crippen LogP contribution >= 0.6 is 0 Å². The number of pyridine rings is 2. The Kier molecular flexibility index (Phi) is 8.67. The second-order valence-corrected chi connectivity index (χ2v) is 9.30. The summed E-state index contributed by atoms with van der Waals surface area (Å²) in [5.41, 5.74) is 3.14. The lowest BCUT2D eigenvalue weighted by molar-refractivity contribution is 0.369. The van der Waals surface area contributed by atoms with Crippen LogP contribution in [0.3, 0.4) is 0 Å². The molecule has 42 heavy (non-hydrogen) atoms. The van der Waals surface area contributed by atoms with E-state index in [0.717, 1.165) is 22.6 Å². The van der Waals surface area contributed by atoms with Crippen LogP contribution in [0.15, 0.2) is 79.1 Å². The van der Waals surface area contributed by atoms with Gasteiger partial charge in [0.2, 0.25) is 11.8 Å². The van der Waals surface area contributed by atoms with Crippen molar-refractivity contribution < 1.29 is 18.6 Å². The van der Waals surface area contributed by atoms with Gasteiger partial charge in [-0.15, -0.1) is 0 Å². The number of halogens is 1. The highest BCUT2D eigenvalue weighted by atomic mass is 19.1. The lowest BCUT2D eigenvalue weighted by Gasteiger charge is -2.24. The van der Waals surface area contributed by atoms with Gasteiger partial charge < -0.3 is 24.4 Å². The number of anilines is 3. The van der Waals surface area contributed by atoms with Crippen LogP contribution in [0.4, 0.5) is 21.8 Å². The Morgan fingerprint density at radius 3 is 2.00 bits per heavy atom. The van der Waals surface area contributed by atoms with E-state index < -0.39 is 5.82 Å². The molecule has 0 radical (unpaired) electrons. The highest BCUT2D eigenvalue weighted by Crippen LogP contribution is 2.29. The molecular weight excluding hydrogens is 537 g/mol. The molecule has 214 valence electrons. The van der Waals surface area contributed by atoms with Crippen LogP contribution in [0.5, 0.6) is 17.4 Å². The number of rotatable bonds is 11. The lowest BCUT2D eigenvalue weighted by Crippen LogP contribution is -2.25. The zero-order valence-electron chi connectivity index (χ0n) is 23.7. The maximum absolute atomic E-state index is 14.3. The Morgan fingerprint density at radius 1 is 0.786 bits per heavy atom. The number of ether oxygens (including phenoxy) is 3. The first-order valence-electron chi connectivity index (χ1n) is 13.1. The molecule has 0 aliphatic carbocycles. The Morgan fingerprint density at radius 2 is 1.43 bits per heavy atom. The number of benzene rings is 2. The summed E-state index contributed by atoms with van der Waals surface area (Å²) >= 11 is 0. The van der Waals surface area contributed by atoms with Crippen LogP contribution in [0.1, 0.15) is 17.0 Å². The predicted octanol–water partition coefficient (Wildman–Crippen LogP) is 5.75. The van der Waals surface area contributed by atoms with Crippen molar-refractivity contribution in [1.29, 1.82) is 0 Å². The highest BCUT2D eigenvalue weighted by molar-refractivity contribution is 5.74. The molecule has 2 aromatic carbocycles. The molecule has 0 atom stereocenters. The summed E-state index contributed by atoms with van der Waals surface area (Å²) in [6.07, 6.45) is 3.10. The minimum atomic E-state index is -0.592. The van der Waals surface area contributed by atoms with Gasteiger partial charge in [-0.05, 0) is 54.4 Å². The number of aromatic nitrogens is 5. The molecule has 0 saturated heterocycles. The average Bonchev–Trinajstić information content (AvgIpc) is 3.01. The van der Waals surface area contributed by atoms with E-state index in [1.807, 2.05) is 61.5 Å². The molecule has 11 heteroatoms. The first-order chi connectivity index (χ1) is 20.4. The number of hydrogen-bond donors (Lipinski definition) is 1. The predicted molar refractivity (Wildman–Crippen MR) is 158 cm³/mol. The Balaban J connectivity index is 1.50. The number of nitrogens with zero attached hydrogens (tertiary/aromatic N) is 6. The molecule has 5 aromatic rings. The van der Waals surface area contributed by atoms with E-state index in [0.29, 0.717) is 47.8 Å². The molecule has 0 unspecified atom stereocenters. The topological polar surface area (TPSA) is 107 Å². The molecule has 0 aliphatic rings. The molecule has 3 aromatic heterocycles. The molecule has 10 nitrogen and oxygen atoms in total. The van der Waals surface area contributed by atoms with Gasteiger partial charge in [0.15, 0.2) is 11.6 Å². The van der Waals surface area contributed by atoms with Crippen molar-refractivity contribution in [2.75, 3.05) is 31.5 Å². The first-order valence-corrected chi connectivity index (χ1v) is 13.1. The first kappa shape index (κ1) is 28.2. The van der Waals surface area contributed by atoms with Crippen molar-refractivity contribution in [2.24, 2.45) is 0 Å². The third kappa shape index (κ3) is 6.69. The minimum Gasteiger partial charge on any atom is -0.497 e. The van der Waals surface area contributed by atoms with E-state index in [9.17, 15) is 4.39 Å². The summed E-state index contributed by atoms with van der Waals surface area (Å²) in [6.45, 7) is 2.89. The van der Waals surface area contributed by atoms with E-state index in [1.165, 1.54) is 19.4 Å². The summed E-state index contributed by atoms with van der Waals surface area (Å²) in [7, 11) is 4.65. The molecule has 3 heterocycles. The SMILES string of the molecule is COc1ccc(CN(Cc2ccc(OC)cc2)c2nc(C)nc(-c3cccnc3Nc3cnc(OC)c(F)c3)n2)cc1. The summed E-state index contributed by atoms with van der Waals surface area (Å²) in [6, 6.07) is 20.7. The van der Waals surface area contributed by atoms with Crippen LogP contribution in [0.2, 0.25) is 0 Å². The molecule has 0 fully saturated rings. The van der Waals surface area contributed by atoms with Crippen LogP contribution in [0.25, 0.3) is 11.4 Å². The fraction of sp³-hybridized carbons (Fsp3) is 0.194. The second kappa shape index (κ2) is 12.9. The van der Waals surface area contributed by atoms with Crippen molar-refractivity contribution in [2.45, 2.75) is 20.0 Å². The summed E-state index contributed by atoms with van der Waals surface area (Å²) < 4.78 is 29.9. The van der Waals surface area contributed by atoms with E-state index in [1.54, 1.807) is 26.5 Å². The Hall–Kier alpha value is -5.32. The monoisotopic (exact) mass is 567 g/mol. The van der Waals surface area contributed by atoms with Gasteiger partial charge in [0, 0.05) is 25.4 Å². The molecule has 0 bridgehead atoms. The van der Waals surface area contributed by atoms with Gasteiger partial charge in [-0.1, -0.05) is 24.3 Å². The Bertz CT molecular complexity index is 1600. The maximum atomic E-state index is 14.3. The smallest absolute Gasteiger partial charge is 0.250 e. The molecular formula is C31H30FN7O3. The van der Waals surface area contributed by atoms with Crippen LogP contribution < -0.4 is 24.4 Å². The van der Waals surface area contributed by atoms with E-state index >= 15 is 0 Å². The van der Waals surface area contributed by atoms with Gasteiger partial charge in [-0.25, -0.2) is 19.3 Å². The molecule has 0 amide bonds. The number of methoxy groups -OCH3 is 3. The average molecular weight is 568 g/mol. The van der Waals surface area contributed by atoms with Crippen molar-refractivity contribution in [3.63, 3.8) is 0 Å². The summed E-state index contributed by atoms with van der Waals surface area (Å²) in [4.78, 5) is 24.7. The number of nitrogens with one attached hydrogen (secondary N) is 1. The standard InChI is InChI=1S/C31H30FN7O3/c1-20-35-29(26-6-5-15-33-28(26)37-23-16-27(32)30(42-4)34-17-23)38-31(36-20)39(18-21-7-11-24(40-2)12-8-21)19-22-9-13-25(41-3)14-10-22/h5-17H,18-19H2,1-4H3,(H,33,37). The third-order valence-corrected chi connectivity index (χ3v) is 6.40. The van der Waals surface area contributed by atoms with Crippen molar-refractivity contribution in [1.82, 2.24) is 24.9 Å². The molecule has 0 aliphatic heterocycles.